The smallest absolute Gasteiger partial charge is 0.307 e. The topological polar surface area (TPSA) is 93.4 Å². The van der Waals surface area contributed by atoms with Crippen molar-refractivity contribution in [2.24, 2.45) is 0 Å². The molecule has 1 aromatic rings. The largest absolute Gasteiger partial charge is 0.466 e. The summed E-state index contributed by atoms with van der Waals surface area (Å²) in [5.74, 6) is -0.454. The number of anilines is 2. The second-order valence-corrected chi connectivity index (χ2v) is 3.86. The summed E-state index contributed by atoms with van der Waals surface area (Å²) in [6.07, 6.45) is 0.248. The minimum atomic E-state index is -0.268. The van der Waals surface area contributed by atoms with Crippen LogP contribution in [-0.4, -0.2) is 32.1 Å². The summed E-state index contributed by atoms with van der Waals surface area (Å²) >= 11 is 0. The van der Waals surface area contributed by atoms with Gasteiger partial charge in [0.15, 0.2) is 0 Å². The molecule has 1 rings (SSSR count). The average molecular weight is 265 g/mol. The summed E-state index contributed by atoms with van der Waals surface area (Å²) in [4.78, 5) is 22.7. The van der Waals surface area contributed by atoms with Gasteiger partial charge in [-0.25, -0.2) is 0 Å². The van der Waals surface area contributed by atoms with Crippen LogP contribution in [0, 0.1) is 0 Å². The van der Waals surface area contributed by atoms with E-state index in [4.69, 9.17) is 10.5 Å². The molecular weight excluding hydrogens is 246 g/mol. The summed E-state index contributed by atoms with van der Waals surface area (Å²) in [5.41, 5.74) is 7.46. The quantitative estimate of drug-likeness (QED) is 0.527. The molecule has 0 saturated heterocycles. The van der Waals surface area contributed by atoms with Crippen molar-refractivity contribution in [2.75, 3.05) is 31.2 Å². The van der Waals surface area contributed by atoms with E-state index in [0.29, 0.717) is 30.1 Å². The van der Waals surface area contributed by atoms with Gasteiger partial charge >= 0.3 is 5.97 Å². The van der Waals surface area contributed by atoms with Crippen molar-refractivity contribution in [1.82, 2.24) is 5.32 Å². The molecule has 0 unspecified atom stereocenters. The second kappa shape index (κ2) is 7.25. The summed E-state index contributed by atoms with van der Waals surface area (Å²) in [6, 6.07) is 4.95. The molecule has 0 spiro atoms. The number of nitrogens with one attached hydrogen (secondary N) is 2. The van der Waals surface area contributed by atoms with Crippen LogP contribution >= 0.6 is 0 Å². The van der Waals surface area contributed by atoms with Gasteiger partial charge in [0.2, 0.25) is 0 Å². The van der Waals surface area contributed by atoms with Crippen LogP contribution in [0.1, 0.15) is 23.7 Å². The first-order valence-electron chi connectivity index (χ1n) is 6.09. The molecule has 19 heavy (non-hydrogen) atoms. The molecule has 0 atom stereocenters. The molecule has 6 heteroatoms. The van der Waals surface area contributed by atoms with Crippen molar-refractivity contribution in [1.29, 1.82) is 0 Å². The Balaban J connectivity index is 2.62. The Kier molecular flexibility index (Phi) is 5.66. The maximum atomic E-state index is 11.5. The number of hydrogen-bond acceptors (Lipinski definition) is 5. The number of carbonyl (C=O) groups excluding carboxylic acids is 2. The Morgan fingerprint density at radius 2 is 2.11 bits per heavy atom. The first-order valence-corrected chi connectivity index (χ1v) is 6.09. The molecule has 1 aromatic carbocycles. The lowest BCUT2D eigenvalue weighted by Crippen LogP contribution is -2.18. The van der Waals surface area contributed by atoms with Crippen LogP contribution in [0.5, 0.6) is 0 Å². The number of nitrogens with two attached hydrogens (primary N) is 1. The molecule has 6 nitrogen and oxygen atoms in total. The van der Waals surface area contributed by atoms with Gasteiger partial charge in [0, 0.05) is 19.2 Å². The lowest BCUT2D eigenvalue weighted by Gasteiger charge is -2.10. The van der Waals surface area contributed by atoms with Gasteiger partial charge in [-0.2, -0.15) is 0 Å². The van der Waals surface area contributed by atoms with Crippen LogP contribution in [0.3, 0.4) is 0 Å². The zero-order valence-electron chi connectivity index (χ0n) is 11.2. The zero-order chi connectivity index (χ0) is 14.3. The Bertz CT molecular complexity index is 460. The number of amides is 1. The Labute approximate surface area is 112 Å². The molecule has 0 aliphatic rings. The summed E-state index contributed by atoms with van der Waals surface area (Å²) in [6.45, 7) is 2.53. The maximum absolute atomic E-state index is 11.5. The molecule has 0 aliphatic carbocycles. The van der Waals surface area contributed by atoms with E-state index in [-0.39, 0.29) is 18.3 Å². The standard InChI is InChI=1S/C13H19N3O3/c1-3-19-12(17)6-7-16-11-8-9(13(18)15-2)4-5-10(11)14/h4-5,8,16H,3,6-7,14H2,1-2H3,(H,15,18). The highest BCUT2D eigenvalue weighted by Crippen LogP contribution is 2.19. The van der Waals surface area contributed by atoms with Gasteiger partial charge in [-0.1, -0.05) is 0 Å². The lowest BCUT2D eigenvalue weighted by atomic mass is 10.1. The fraction of sp³-hybridized carbons (Fsp3) is 0.385. The first-order chi connectivity index (χ1) is 9.08. The number of esters is 1. The molecule has 0 heterocycles. The molecule has 0 radical (unpaired) electrons. The highest BCUT2D eigenvalue weighted by Gasteiger charge is 2.07. The fourth-order valence-electron chi connectivity index (χ4n) is 1.53. The number of carbonyl (C=O) groups is 2. The SMILES string of the molecule is CCOC(=O)CCNc1cc(C(=O)NC)ccc1N. The van der Waals surface area contributed by atoms with E-state index < -0.39 is 0 Å². The Hall–Kier alpha value is -2.24. The summed E-state index contributed by atoms with van der Waals surface area (Å²) in [5, 5.41) is 5.55. The summed E-state index contributed by atoms with van der Waals surface area (Å²) in [7, 11) is 1.56. The van der Waals surface area contributed by atoms with Crippen LogP contribution in [0.4, 0.5) is 11.4 Å². The predicted molar refractivity (Wildman–Crippen MR) is 74.0 cm³/mol. The van der Waals surface area contributed by atoms with Crippen molar-refractivity contribution in [2.45, 2.75) is 13.3 Å². The Morgan fingerprint density at radius 1 is 1.37 bits per heavy atom. The van der Waals surface area contributed by atoms with Crippen LogP contribution in [0.25, 0.3) is 0 Å². The molecule has 4 N–H and O–H groups in total. The number of benzene rings is 1. The second-order valence-electron chi connectivity index (χ2n) is 3.86. The normalized spacial score (nSPS) is 9.79. The van der Waals surface area contributed by atoms with Crippen molar-refractivity contribution in [3.8, 4) is 0 Å². The third-order valence-electron chi connectivity index (χ3n) is 2.49. The van der Waals surface area contributed by atoms with E-state index in [9.17, 15) is 9.59 Å². The van der Waals surface area contributed by atoms with Crippen molar-refractivity contribution in [3.05, 3.63) is 23.8 Å². The maximum Gasteiger partial charge on any atom is 0.307 e. The Morgan fingerprint density at radius 3 is 2.74 bits per heavy atom. The molecule has 0 aromatic heterocycles. The minimum absolute atomic E-state index is 0.187. The monoisotopic (exact) mass is 265 g/mol. The van der Waals surface area contributed by atoms with Crippen molar-refractivity contribution in [3.63, 3.8) is 0 Å². The molecule has 1 amide bonds. The van der Waals surface area contributed by atoms with Gasteiger partial charge in [0.25, 0.3) is 5.91 Å². The van der Waals surface area contributed by atoms with E-state index in [1.165, 1.54) is 0 Å². The van der Waals surface area contributed by atoms with Gasteiger partial charge in [0.05, 0.1) is 24.4 Å². The molecule has 104 valence electrons. The molecule has 0 aliphatic heterocycles. The molecule has 0 bridgehead atoms. The number of rotatable bonds is 6. The van der Waals surface area contributed by atoms with Crippen LogP contribution in [0.15, 0.2) is 18.2 Å². The fourth-order valence-corrected chi connectivity index (χ4v) is 1.53. The highest BCUT2D eigenvalue weighted by molar-refractivity contribution is 5.96. The highest BCUT2D eigenvalue weighted by atomic mass is 16.5. The van der Waals surface area contributed by atoms with Crippen LogP contribution in [-0.2, 0) is 9.53 Å². The zero-order valence-corrected chi connectivity index (χ0v) is 11.2. The van der Waals surface area contributed by atoms with Crippen LogP contribution in [0.2, 0.25) is 0 Å². The third-order valence-corrected chi connectivity index (χ3v) is 2.49. The van der Waals surface area contributed by atoms with Gasteiger partial charge in [-0.15, -0.1) is 0 Å². The number of hydrogen-bond donors (Lipinski definition) is 3. The first kappa shape index (κ1) is 14.8. The van der Waals surface area contributed by atoms with E-state index in [2.05, 4.69) is 10.6 Å². The van der Waals surface area contributed by atoms with Crippen molar-refractivity contribution < 1.29 is 14.3 Å². The van der Waals surface area contributed by atoms with Gasteiger partial charge in [-0.05, 0) is 25.1 Å². The van der Waals surface area contributed by atoms with Gasteiger partial charge in [0.1, 0.15) is 0 Å². The molecule has 0 saturated carbocycles. The van der Waals surface area contributed by atoms with E-state index in [1.807, 2.05) is 0 Å². The van der Waals surface area contributed by atoms with Crippen molar-refractivity contribution >= 4 is 23.3 Å². The predicted octanol–water partition coefficient (Wildman–Crippen LogP) is 0.993. The van der Waals surface area contributed by atoms with Gasteiger partial charge in [-0.3, -0.25) is 9.59 Å². The minimum Gasteiger partial charge on any atom is -0.466 e. The number of nitrogen functional groups attached to an aromatic ring is 1. The molecule has 0 fully saturated rings. The van der Waals surface area contributed by atoms with Gasteiger partial charge < -0.3 is 21.1 Å². The number of ether oxygens (including phenoxy) is 1. The third kappa shape index (κ3) is 4.50. The van der Waals surface area contributed by atoms with E-state index >= 15 is 0 Å². The van der Waals surface area contributed by atoms with E-state index in [1.54, 1.807) is 32.2 Å². The average Bonchev–Trinajstić information content (AvgIpc) is 2.40. The van der Waals surface area contributed by atoms with Crippen LogP contribution < -0.4 is 16.4 Å². The van der Waals surface area contributed by atoms with E-state index in [0.717, 1.165) is 0 Å². The summed E-state index contributed by atoms with van der Waals surface area (Å²) < 4.78 is 4.82. The molecular formula is C13H19N3O3. The lowest BCUT2D eigenvalue weighted by molar-refractivity contribution is -0.142.